The predicted molar refractivity (Wildman–Crippen MR) is 141 cm³/mol. The van der Waals surface area contributed by atoms with Crippen LogP contribution in [-0.4, -0.2) is 45.7 Å². The number of benzene rings is 3. The molecule has 5 rings (SSSR count). The van der Waals surface area contributed by atoms with Crippen LogP contribution in [0.25, 0.3) is 11.0 Å². The number of aromatic amines is 1. The van der Waals surface area contributed by atoms with E-state index in [-0.39, 0.29) is 17.2 Å². The normalized spacial score (nSPS) is 18.1. The van der Waals surface area contributed by atoms with E-state index >= 15 is 0 Å². The Balaban J connectivity index is 1.31. The fourth-order valence-corrected chi connectivity index (χ4v) is 5.91. The summed E-state index contributed by atoms with van der Waals surface area (Å²) in [6.45, 7) is 4.11. The number of carbonyl (C=O) groups is 1. The van der Waals surface area contributed by atoms with Gasteiger partial charge in [-0.2, -0.15) is 0 Å². The number of H-pyrrole nitrogens is 1. The number of aromatic nitrogens is 2. The molecule has 1 aliphatic rings. The van der Waals surface area contributed by atoms with Crippen molar-refractivity contribution in [3.8, 4) is 5.75 Å². The number of hydrogen-bond donors (Lipinski definition) is 2. The number of fused-ring (bicyclic) bond motifs is 1. The summed E-state index contributed by atoms with van der Waals surface area (Å²) >= 11 is 1.73. The molecule has 0 unspecified atom stereocenters. The number of rotatable bonds is 8. The number of imidazole rings is 1. The Morgan fingerprint density at radius 3 is 2.80 bits per heavy atom. The van der Waals surface area contributed by atoms with E-state index in [0.29, 0.717) is 6.54 Å². The minimum Gasteiger partial charge on any atom is -0.496 e. The molecule has 1 amide bonds. The van der Waals surface area contributed by atoms with Crippen LogP contribution in [0.5, 0.6) is 5.75 Å². The average molecular weight is 487 g/mol. The summed E-state index contributed by atoms with van der Waals surface area (Å²) in [7, 11) is 1.65. The van der Waals surface area contributed by atoms with Gasteiger partial charge in [0.05, 0.1) is 24.2 Å². The van der Waals surface area contributed by atoms with Crippen molar-refractivity contribution in [3.05, 3.63) is 89.5 Å². The van der Waals surface area contributed by atoms with Crippen LogP contribution in [0, 0.1) is 6.92 Å². The summed E-state index contributed by atoms with van der Waals surface area (Å²) in [5.41, 5.74) is 5.43. The van der Waals surface area contributed by atoms with Crippen molar-refractivity contribution in [1.82, 2.24) is 20.2 Å². The quantitative estimate of drug-likeness (QED) is 0.370. The summed E-state index contributed by atoms with van der Waals surface area (Å²) in [6.07, 6.45) is 0.769. The molecule has 3 aromatic carbocycles. The molecule has 1 aliphatic heterocycles. The summed E-state index contributed by atoms with van der Waals surface area (Å²) < 4.78 is 5.45. The number of nitrogens with one attached hydrogen (secondary N) is 2. The molecule has 0 spiro atoms. The first kappa shape index (κ1) is 23.5. The molecular weight excluding hydrogens is 456 g/mol. The van der Waals surface area contributed by atoms with Gasteiger partial charge in [0.1, 0.15) is 5.75 Å². The molecule has 1 fully saturated rings. The second-order valence-corrected chi connectivity index (χ2v) is 10.3. The first-order valence-electron chi connectivity index (χ1n) is 11.9. The van der Waals surface area contributed by atoms with E-state index in [1.54, 1.807) is 18.9 Å². The largest absolute Gasteiger partial charge is 0.496 e. The maximum absolute atomic E-state index is 13.4. The fourth-order valence-electron chi connectivity index (χ4n) is 4.73. The van der Waals surface area contributed by atoms with Gasteiger partial charge in [-0.3, -0.25) is 9.69 Å². The minimum atomic E-state index is -0.202. The molecule has 0 bridgehead atoms. The lowest BCUT2D eigenvalue weighted by atomic mass is 10.1. The highest BCUT2D eigenvalue weighted by atomic mass is 32.2. The number of thioether (sulfide) groups is 1. The van der Waals surface area contributed by atoms with Crippen LogP contribution in [-0.2, 0) is 17.9 Å². The molecule has 1 aromatic heterocycles. The number of amides is 1. The molecule has 4 aromatic rings. The van der Waals surface area contributed by atoms with E-state index in [4.69, 9.17) is 9.72 Å². The second kappa shape index (κ2) is 10.5. The van der Waals surface area contributed by atoms with Crippen LogP contribution in [0.1, 0.15) is 23.1 Å². The monoisotopic (exact) mass is 486 g/mol. The zero-order chi connectivity index (χ0) is 24.2. The Bertz CT molecular complexity index is 1290. The van der Waals surface area contributed by atoms with E-state index in [1.807, 2.05) is 48.5 Å². The number of hydrogen-bond acceptors (Lipinski definition) is 5. The van der Waals surface area contributed by atoms with Gasteiger partial charge in [0.15, 0.2) is 5.16 Å². The lowest BCUT2D eigenvalue weighted by Crippen LogP contribution is -2.42. The third kappa shape index (κ3) is 5.52. The van der Waals surface area contributed by atoms with Gasteiger partial charge in [-0.05, 0) is 37.1 Å². The summed E-state index contributed by atoms with van der Waals surface area (Å²) in [4.78, 5) is 23.8. The van der Waals surface area contributed by atoms with Crippen molar-refractivity contribution in [3.63, 3.8) is 0 Å². The highest BCUT2D eigenvalue weighted by Crippen LogP contribution is 2.33. The number of likely N-dealkylation sites (tertiary alicyclic amines) is 1. The number of carbonyl (C=O) groups excluding carboxylic acids is 1. The van der Waals surface area contributed by atoms with Gasteiger partial charge in [0, 0.05) is 30.4 Å². The van der Waals surface area contributed by atoms with Crippen molar-refractivity contribution in [2.75, 3.05) is 13.7 Å². The van der Waals surface area contributed by atoms with Crippen molar-refractivity contribution in [2.45, 2.75) is 42.9 Å². The molecule has 7 heteroatoms. The van der Waals surface area contributed by atoms with Gasteiger partial charge in [-0.1, -0.05) is 71.9 Å². The first-order valence-corrected chi connectivity index (χ1v) is 12.8. The zero-order valence-electron chi connectivity index (χ0n) is 20.0. The van der Waals surface area contributed by atoms with Crippen LogP contribution >= 0.6 is 11.8 Å². The maximum Gasteiger partial charge on any atom is 0.237 e. The Morgan fingerprint density at radius 1 is 1.14 bits per heavy atom. The molecule has 2 atom stereocenters. The van der Waals surface area contributed by atoms with E-state index < -0.39 is 0 Å². The van der Waals surface area contributed by atoms with Crippen molar-refractivity contribution in [1.29, 1.82) is 0 Å². The van der Waals surface area contributed by atoms with E-state index in [2.05, 4.69) is 46.4 Å². The molecule has 6 nitrogen and oxygen atoms in total. The van der Waals surface area contributed by atoms with Gasteiger partial charge >= 0.3 is 0 Å². The second-order valence-electron chi connectivity index (χ2n) is 9.00. The Kier molecular flexibility index (Phi) is 7.06. The zero-order valence-corrected chi connectivity index (χ0v) is 20.8. The molecule has 1 saturated heterocycles. The van der Waals surface area contributed by atoms with E-state index in [1.165, 1.54) is 11.1 Å². The van der Waals surface area contributed by atoms with E-state index in [0.717, 1.165) is 47.0 Å². The number of ether oxygens (including phenoxy) is 1. The standard InChI is InChI=1S/C28H30N4O2S/c1-19-8-7-9-20(14-19)17-32-18-22(35-28-30-23-11-4-5-12-24(23)31-28)15-25(32)27(33)29-16-21-10-3-6-13-26(21)34-2/h3-14,22,25H,15-18H2,1-2H3,(H,29,33)(H,30,31)/t22-,25+/m1/s1. The van der Waals surface area contributed by atoms with Crippen molar-refractivity contribution < 1.29 is 9.53 Å². The van der Waals surface area contributed by atoms with Crippen LogP contribution in [0.3, 0.4) is 0 Å². The lowest BCUT2D eigenvalue weighted by Gasteiger charge is -2.24. The van der Waals surface area contributed by atoms with E-state index in [9.17, 15) is 4.79 Å². The molecule has 0 radical (unpaired) electrons. The summed E-state index contributed by atoms with van der Waals surface area (Å²) in [6, 6.07) is 24.2. The average Bonchev–Trinajstić information content (AvgIpc) is 3.46. The Morgan fingerprint density at radius 2 is 1.97 bits per heavy atom. The van der Waals surface area contributed by atoms with Gasteiger partial charge in [0.25, 0.3) is 0 Å². The number of aryl methyl sites for hydroxylation is 1. The number of methoxy groups -OCH3 is 1. The molecule has 0 saturated carbocycles. The smallest absolute Gasteiger partial charge is 0.237 e. The number of nitrogens with zero attached hydrogens (tertiary/aromatic N) is 2. The number of para-hydroxylation sites is 3. The summed E-state index contributed by atoms with van der Waals surface area (Å²) in [5, 5.41) is 4.33. The maximum atomic E-state index is 13.4. The van der Waals surface area contributed by atoms with Crippen LogP contribution < -0.4 is 10.1 Å². The van der Waals surface area contributed by atoms with Crippen molar-refractivity contribution in [2.24, 2.45) is 0 Å². The van der Waals surface area contributed by atoms with Crippen LogP contribution in [0.4, 0.5) is 0 Å². The van der Waals surface area contributed by atoms with Crippen LogP contribution in [0.2, 0.25) is 0 Å². The topological polar surface area (TPSA) is 70.2 Å². The molecular formula is C28H30N4O2S. The third-order valence-electron chi connectivity index (χ3n) is 6.43. The molecule has 2 N–H and O–H groups in total. The highest BCUT2D eigenvalue weighted by Gasteiger charge is 2.37. The van der Waals surface area contributed by atoms with Crippen molar-refractivity contribution >= 4 is 28.7 Å². The Hall–Kier alpha value is -3.29. The molecule has 35 heavy (non-hydrogen) atoms. The fraction of sp³-hybridized carbons (Fsp3) is 0.286. The van der Waals surface area contributed by atoms with Crippen LogP contribution in [0.15, 0.2) is 78.0 Å². The molecule has 180 valence electrons. The van der Waals surface area contributed by atoms with Gasteiger partial charge in [0.2, 0.25) is 5.91 Å². The van der Waals surface area contributed by atoms with Gasteiger partial charge < -0.3 is 15.0 Å². The van der Waals surface area contributed by atoms with Gasteiger partial charge in [-0.15, -0.1) is 0 Å². The van der Waals surface area contributed by atoms with Gasteiger partial charge in [-0.25, -0.2) is 4.98 Å². The minimum absolute atomic E-state index is 0.0521. The molecule has 0 aliphatic carbocycles. The lowest BCUT2D eigenvalue weighted by molar-refractivity contribution is -0.125. The summed E-state index contributed by atoms with van der Waals surface area (Å²) in [5.74, 6) is 0.838. The predicted octanol–water partition coefficient (Wildman–Crippen LogP) is 4.93. The Labute approximate surface area is 210 Å². The third-order valence-corrected chi connectivity index (χ3v) is 7.52. The molecule has 2 heterocycles. The SMILES string of the molecule is COc1ccccc1CNC(=O)[C@@H]1C[C@@H](Sc2nc3ccccc3[nH]2)CN1Cc1cccc(C)c1. The highest BCUT2D eigenvalue weighted by molar-refractivity contribution is 7.99. The first-order chi connectivity index (χ1) is 17.1.